The first-order valence-corrected chi connectivity index (χ1v) is 14.5. The van der Waals surface area contributed by atoms with E-state index >= 15 is 4.39 Å². The monoisotopic (exact) mass is 634 g/mol. The van der Waals surface area contributed by atoms with Crippen molar-refractivity contribution < 1.29 is 37.1 Å². The van der Waals surface area contributed by atoms with Gasteiger partial charge in [0.2, 0.25) is 11.8 Å². The summed E-state index contributed by atoms with van der Waals surface area (Å²) in [7, 11) is 0. The molecule has 4 N–H and O–H groups in total. The molecule has 2 aromatic rings. The number of rotatable bonds is 12. The molecule has 0 unspecified atom stereocenters. The second-order valence-electron chi connectivity index (χ2n) is 10.3. The third-order valence-corrected chi connectivity index (χ3v) is 7.59. The quantitative estimate of drug-likeness (QED) is 0.238. The number of nitrogens with one attached hydrogen (secondary N) is 2. The van der Waals surface area contributed by atoms with Gasteiger partial charge in [-0.3, -0.25) is 19.3 Å². The lowest BCUT2D eigenvalue weighted by Gasteiger charge is -2.36. The summed E-state index contributed by atoms with van der Waals surface area (Å²) in [5.74, 6) is -1.08. The zero-order valence-corrected chi connectivity index (χ0v) is 24.6. The first-order valence-electron chi connectivity index (χ1n) is 14.0. The third-order valence-electron chi connectivity index (χ3n) is 7.26. The number of piperazine rings is 1. The molecule has 11 nitrogen and oxygen atoms in total. The van der Waals surface area contributed by atoms with Crippen LogP contribution < -0.4 is 26.2 Å². The van der Waals surface area contributed by atoms with Crippen LogP contribution >= 0.6 is 12.2 Å². The average Bonchev–Trinajstić information content (AvgIpc) is 3.40. The number of alkyl halides is 2. The number of halogens is 3. The van der Waals surface area contributed by atoms with Crippen LogP contribution in [0.4, 0.5) is 35.0 Å². The highest BCUT2D eigenvalue weighted by atomic mass is 32.1. The molecule has 1 atom stereocenters. The molecule has 3 amide bonds. The van der Waals surface area contributed by atoms with Crippen molar-refractivity contribution in [3.8, 4) is 0 Å². The molecule has 0 aromatic heterocycles. The van der Waals surface area contributed by atoms with Gasteiger partial charge in [-0.1, -0.05) is 12.2 Å². The number of ketones is 1. The van der Waals surface area contributed by atoms with E-state index < -0.39 is 29.4 Å². The van der Waals surface area contributed by atoms with Crippen LogP contribution in [0, 0.1) is 5.82 Å². The summed E-state index contributed by atoms with van der Waals surface area (Å²) < 4.78 is 45.5. The number of amides is 3. The molecular weight excluding hydrogens is 601 g/mol. The van der Waals surface area contributed by atoms with Crippen LogP contribution in [0.25, 0.3) is 0 Å². The van der Waals surface area contributed by atoms with E-state index in [1.165, 1.54) is 11.0 Å². The number of cyclic esters (lactones) is 1. The third kappa shape index (κ3) is 8.44. The first kappa shape index (κ1) is 32.7. The van der Waals surface area contributed by atoms with Crippen LogP contribution in [0.1, 0.15) is 29.6 Å². The minimum Gasteiger partial charge on any atom is -0.442 e. The molecule has 2 saturated heterocycles. The highest BCUT2D eigenvalue weighted by molar-refractivity contribution is 7.80. The van der Waals surface area contributed by atoms with Crippen LogP contribution in [0.15, 0.2) is 42.5 Å². The lowest BCUT2D eigenvalue weighted by atomic mass is 10.0. The number of Topliss-reactive ketones (excluding diaryl/α,β-unsaturated/α-hetero) is 1. The van der Waals surface area contributed by atoms with Crippen molar-refractivity contribution in [2.75, 3.05) is 60.9 Å². The van der Waals surface area contributed by atoms with Gasteiger partial charge >= 0.3 is 6.09 Å². The fourth-order valence-corrected chi connectivity index (χ4v) is 4.98. The Labute approximate surface area is 257 Å². The Balaban J connectivity index is 1.21. The summed E-state index contributed by atoms with van der Waals surface area (Å²) in [5.41, 5.74) is 6.90. The second kappa shape index (κ2) is 15.0. The van der Waals surface area contributed by atoms with Crippen molar-refractivity contribution >= 4 is 58.0 Å². The number of benzene rings is 2. The standard InChI is InChI=1S/C29H33F3N6O5S/c30-22-14-20(38-17-21(43-29(38)42)16-34-28(44)27(31)32)8-9-23(22)36-10-12-37(13-11-36)26(41)3-1-2-24(39)18-4-6-19(7-5-18)35-25(40)15-33/h4-9,14,21,27H,1-3,10-13,15-17,33H2,(H,34,44)(H,35,40)/t21-/m0/s1. The molecule has 44 heavy (non-hydrogen) atoms. The van der Waals surface area contributed by atoms with E-state index in [-0.39, 0.29) is 55.8 Å². The van der Waals surface area contributed by atoms with Crippen molar-refractivity contribution in [2.45, 2.75) is 31.8 Å². The van der Waals surface area contributed by atoms with Crippen molar-refractivity contribution in [3.63, 3.8) is 0 Å². The van der Waals surface area contributed by atoms with Gasteiger partial charge in [-0.05, 0) is 48.9 Å². The van der Waals surface area contributed by atoms with E-state index in [1.54, 1.807) is 41.3 Å². The number of nitrogens with zero attached hydrogens (tertiary/aromatic N) is 3. The van der Waals surface area contributed by atoms with E-state index in [9.17, 15) is 28.0 Å². The number of anilines is 3. The molecule has 2 aliphatic rings. The Morgan fingerprint density at radius 3 is 2.39 bits per heavy atom. The SMILES string of the molecule is NCC(=O)Nc1ccc(C(=O)CCCC(=O)N2CCN(c3ccc(N4C[C@H](CNC(=S)C(F)F)OC4=O)cc3F)CC2)cc1. The molecule has 0 radical (unpaired) electrons. The lowest BCUT2D eigenvalue weighted by Crippen LogP contribution is -2.49. The molecule has 2 aliphatic heterocycles. The molecule has 0 spiro atoms. The van der Waals surface area contributed by atoms with Crippen molar-refractivity contribution in [2.24, 2.45) is 5.73 Å². The number of hydrogen-bond acceptors (Lipinski definition) is 8. The van der Waals surface area contributed by atoms with Crippen LogP contribution in [0.5, 0.6) is 0 Å². The van der Waals surface area contributed by atoms with Gasteiger partial charge in [-0.15, -0.1) is 0 Å². The number of ether oxygens (including phenoxy) is 1. The van der Waals surface area contributed by atoms with Crippen LogP contribution in [0.3, 0.4) is 0 Å². The molecular formula is C29H33F3N6O5S. The smallest absolute Gasteiger partial charge is 0.414 e. The van der Waals surface area contributed by atoms with Gasteiger partial charge < -0.3 is 30.9 Å². The number of carbonyl (C=O) groups excluding carboxylic acids is 4. The van der Waals surface area contributed by atoms with Gasteiger partial charge in [0.1, 0.15) is 16.9 Å². The fraction of sp³-hybridized carbons (Fsp3) is 0.414. The molecule has 0 saturated carbocycles. The molecule has 0 bridgehead atoms. The maximum Gasteiger partial charge on any atom is 0.414 e. The van der Waals surface area contributed by atoms with E-state index in [0.29, 0.717) is 49.5 Å². The summed E-state index contributed by atoms with van der Waals surface area (Å²) >= 11 is 4.52. The highest BCUT2D eigenvalue weighted by Crippen LogP contribution is 2.28. The van der Waals surface area contributed by atoms with E-state index in [1.807, 2.05) is 4.90 Å². The Kier molecular flexibility index (Phi) is 11.1. The van der Waals surface area contributed by atoms with Crippen LogP contribution in [-0.2, 0) is 14.3 Å². The highest BCUT2D eigenvalue weighted by Gasteiger charge is 2.33. The van der Waals surface area contributed by atoms with Crippen molar-refractivity contribution in [3.05, 3.63) is 53.8 Å². The first-order chi connectivity index (χ1) is 21.0. The molecule has 2 aromatic carbocycles. The number of carbonyl (C=O) groups is 4. The summed E-state index contributed by atoms with van der Waals surface area (Å²) in [4.78, 5) is 53.0. The predicted octanol–water partition coefficient (Wildman–Crippen LogP) is 2.93. The number of hydrogen-bond donors (Lipinski definition) is 3. The van der Waals surface area contributed by atoms with E-state index in [4.69, 9.17) is 10.5 Å². The normalized spacial score (nSPS) is 16.6. The topological polar surface area (TPSA) is 137 Å². The van der Waals surface area contributed by atoms with Crippen LogP contribution in [-0.4, -0.2) is 91.9 Å². The molecule has 2 heterocycles. The maximum atomic E-state index is 15.1. The summed E-state index contributed by atoms with van der Waals surface area (Å²) in [6.07, 6.45) is -3.47. The van der Waals surface area contributed by atoms with E-state index in [2.05, 4.69) is 22.9 Å². The maximum absolute atomic E-state index is 15.1. The Bertz CT molecular complexity index is 1390. The molecule has 4 rings (SSSR count). The molecule has 0 aliphatic carbocycles. The predicted molar refractivity (Wildman–Crippen MR) is 162 cm³/mol. The van der Waals surface area contributed by atoms with Gasteiger partial charge in [-0.25, -0.2) is 18.0 Å². The van der Waals surface area contributed by atoms with Crippen LogP contribution in [0.2, 0.25) is 0 Å². The van der Waals surface area contributed by atoms with Gasteiger partial charge in [0.25, 0.3) is 6.43 Å². The Morgan fingerprint density at radius 2 is 1.75 bits per heavy atom. The zero-order valence-electron chi connectivity index (χ0n) is 23.8. The molecule has 2 fully saturated rings. The zero-order chi connectivity index (χ0) is 31.8. The van der Waals surface area contributed by atoms with Gasteiger partial charge in [0.15, 0.2) is 5.78 Å². The number of thiocarbonyl (C=S) groups is 1. The largest absolute Gasteiger partial charge is 0.442 e. The average molecular weight is 635 g/mol. The van der Waals surface area contributed by atoms with Crippen molar-refractivity contribution in [1.82, 2.24) is 10.2 Å². The minimum atomic E-state index is -2.81. The summed E-state index contributed by atoms with van der Waals surface area (Å²) in [5, 5.41) is 4.97. The second-order valence-corrected chi connectivity index (χ2v) is 10.7. The van der Waals surface area contributed by atoms with Crippen molar-refractivity contribution in [1.29, 1.82) is 0 Å². The molecule has 15 heteroatoms. The summed E-state index contributed by atoms with van der Waals surface area (Å²) in [6.45, 7) is 1.39. The van der Waals surface area contributed by atoms with Gasteiger partial charge in [0.05, 0.1) is 31.0 Å². The lowest BCUT2D eigenvalue weighted by molar-refractivity contribution is -0.131. The summed E-state index contributed by atoms with van der Waals surface area (Å²) in [6, 6.07) is 10.8. The fourth-order valence-electron chi connectivity index (χ4n) is 4.90. The Hall–Kier alpha value is -4.24. The van der Waals surface area contributed by atoms with Gasteiger partial charge in [-0.2, -0.15) is 0 Å². The van der Waals surface area contributed by atoms with Gasteiger partial charge in [0, 0.05) is 50.3 Å². The Morgan fingerprint density at radius 1 is 1.05 bits per heavy atom. The molecule has 236 valence electrons. The van der Waals surface area contributed by atoms with E-state index in [0.717, 1.165) is 0 Å². The number of nitrogens with two attached hydrogens (primary N) is 1. The minimum absolute atomic E-state index is 0.0456.